The number of nitrogens with one attached hydrogen (secondary N) is 1. The molecule has 0 radical (unpaired) electrons. The molecule has 2 N–H and O–H groups in total. The summed E-state index contributed by atoms with van der Waals surface area (Å²) in [7, 11) is 1.48. The van der Waals surface area contributed by atoms with Crippen molar-refractivity contribution in [1.82, 2.24) is 10.2 Å². The Bertz CT molecular complexity index is 1130. The molecule has 0 saturated carbocycles. The third kappa shape index (κ3) is 5.74. The molecule has 1 aliphatic carbocycles. The van der Waals surface area contributed by atoms with Crippen LogP contribution in [0, 0.1) is 0 Å². The Balaban J connectivity index is 1.79. The molecule has 1 aliphatic rings. The van der Waals surface area contributed by atoms with Crippen molar-refractivity contribution in [3.8, 4) is 0 Å². The van der Waals surface area contributed by atoms with Gasteiger partial charge in [-0.15, -0.1) is 11.6 Å². The molecule has 0 heterocycles. The number of nitrogens with zero attached hydrogens (tertiary/aromatic N) is 1. The van der Waals surface area contributed by atoms with Crippen molar-refractivity contribution in [2.45, 2.75) is 30.4 Å². The highest BCUT2D eigenvalue weighted by Gasteiger charge is 2.58. The maximum Gasteiger partial charge on any atom is 0.412 e. The molecule has 2 aromatic rings. The lowest BCUT2D eigenvalue weighted by atomic mass is 9.83. The molecule has 34 heavy (non-hydrogen) atoms. The molecular formula is C24H21Cl2F3N2O3. The highest BCUT2D eigenvalue weighted by molar-refractivity contribution is 6.40. The van der Waals surface area contributed by atoms with Crippen LogP contribution in [0.4, 0.5) is 18.0 Å². The largest absolute Gasteiger partial charge is 0.481 e. The van der Waals surface area contributed by atoms with E-state index >= 15 is 0 Å². The minimum atomic E-state index is -4.84. The van der Waals surface area contributed by atoms with Gasteiger partial charge in [-0.25, -0.2) is 4.79 Å². The van der Waals surface area contributed by atoms with Gasteiger partial charge in [0.05, 0.1) is 6.42 Å². The summed E-state index contributed by atoms with van der Waals surface area (Å²) in [6, 6.07) is 13.8. The standard InChI is InChI=1S/C24H21Cl2F3N2O3/c1-31(14-16-9-7-15(8-10-16)11-20(32)33)22(34)30-18-12-19(25)21(17-5-3-2-4-6-17)23(26,13-18)24(27,28)29/h2-10,12H,11,13-14H2,1H3,(H,30,34)(H,32,33). The minimum absolute atomic E-state index is 0.0642. The van der Waals surface area contributed by atoms with Crippen molar-refractivity contribution in [1.29, 1.82) is 0 Å². The van der Waals surface area contributed by atoms with Crippen LogP contribution in [0.1, 0.15) is 23.1 Å². The van der Waals surface area contributed by atoms with E-state index in [0.29, 0.717) is 5.56 Å². The number of halogens is 5. The van der Waals surface area contributed by atoms with Crippen LogP contribution < -0.4 is 5.32 Å². The van der Waals surface area contributed by atoms with E-state index in [4.69, 9.17) is 28.3 Å². The number of urea groups is 1. The van der Waals surface area contributed by atoms with Gasteiger partial charge >= 0.3 is 18.2 Å². The van der Waals surface area contributed by atoms with Crippen molar-refractivity contribution in [2.24, 2.45) is 0 Å². The first-order valence-electron chi connectivity index (χ1n) is 10.1. The number of amides is 2. The molecule has 0 spiro atoms. The smallest absolute Gasteiger partial charge is 0.412 e. The van der Waals surface area contributed by atoms with E-state index in [-0.39, 0.29) is 34.8 Å². The molecule has 2 amide bonds. The van der Waals surface area contributed by atoms with E-state index in [9.17, 15) is 22.8 Å². The summed E-state index contributed by atoms with van der Waals surface area (Å²) in [6.45, 7) is 0.149. The number of carboxylic acids is 1. The second-order valence-corrected chi connectivity index (χ2v) is 8.96. The van der Waals surface area contributed by atoms with E-state index in [0.717, 1.165) is 5.56 Å². The van der Waals surface area contributed by atoms with Crippen LogP contribution in [0.3, 0.4) is 0 Å². The van der Waals surface area contributed by atoms with Crippen molar-refractivity contribution in [3.63, 3.8) is 0 Å². The van der Waals surface area contributed by atoms with Crippen molar-refractivity contribution in [2.75, 3.05) is 7.05 Å². The number of hydrogen-bond donors (Lipinski definition) is 2. The molecule has 3 rings (SSSR count). The molecule has 2 aromatic carbocycles. The Morgan fingerprint density at radius 3 is 2.24 bits per heavy atom. The fraction of sp³-hybridized carbons (Fsp3) is 0.250. The van der Waals surface area contributed by atoms with Gasteiger partial charge in [0.15, 0.2) is 4.87 Å². The number of aliphatic carboxylic acids is 1. The second-order valence-electron chi connectivity index (χ2n) is 7.91. The van der Waals surface area contributed by atoms with Gasteiger partial charge in [-0.05, 0) is 22.8 Å². The summed E-state index contributed by atoms with van der Waals surface area (Å²) < 4.78 is 42.3. The van der Waals surface area contributed by atoms with Gasteiger partial charge in [-0.1, -0.05) is 66.2 Å². The summed E-state index contributed by atoms with van der Waals surface area (Å²) >= 11 is 12.4. The monoisotopic (exact) mass is 512 g/mol. The summed E-state index contributed by atoms with van der Waals surface area (Å²) in [4.78, 5) is 21.9. The normalized spacial score (nSPS) is 18.4. The molecule has 5 nitrogen and oxygen atoms in total. The Labute approximate surface area is 204 Å². The number of rotatable bonds is 6. The van der Waals surface area contributed by atoms with Crippen LogP contribution in [0.2, 0.25) is 0 Å². The topological polar surface area (TPSA) is 69.6 Å². The third-order valence-electron chi connectivity index (χ3n) is 5.29. The number of allylic oxidation sites excluding steroid dienone is 4. The summed E-state index contributed by atoms with van der Waals surface area (Å²) in [6.07, 6.45) is -4.39. The zero-order chi connectivity index (χ0) is 25.1. The lowest BCUT2D eigenvalue weighted by Gasteiger charge is -2.36. The van der Waals surface area contributed by atoms with Crippen LogP contribution >= 0.6 is 23.2 Å². The Morgan fingerprint density at radius 1 is 1.09 bits per heavy atom. The predicted octanol–water partition coefficient (Wildman–Crippen LogP) is 5.93. The fourth-order valence-corrected chi connectivity index (χ4v) is 4.43. The Hall–Kier alpha value is -2.97. The predicted molar refractivity (Wildman–Crippen MR) is 124 cm³/mol. The maximum absolute atomic E-state index is 14.1. The van der Waals surface area contributed by atoms with Crippen LogP contribution in [-0.2, 0) is 17.8 Å². The first kappa shape index (κ1) is 25.6. The molecule has 0 fully saturated rings. The number of hydrogen-bond acceptors (Lipinski definition) is 2. The lowest BCUT2D eigenvalue weighted by molar-refractivity contribution is -0.147. The van der Waals surface area contributed by atoms with Crippen molar-refractivity contribution >= 4 is 40.8 Å². The minimum Gasteiger partial charge on any atom is -0.481 e. The average molecular weight is 513 g/mol. The van der Waals surface area contributed by atoms with Crippen molar-refractivity contribution < 1.29 is 27.9 Å². The van der Waals surface area contributed by atoms with Crippen LogP contribution in [0.25, 0.3) is 5.57 Å². The molecule has 0 saturated heterocycles. The third-order valence-corrected chi connectivity index (χ3v) is 6.13. The molecule has 10 heteroatoms. The maximum atomic E-state index is 14.1. The van der Waals surface area contributed by atoms with Crippen LogP contribution in [0.5, 0.6) is 0 Å². The van der Waals surface area contributed by atoms with E-state index in [2.05, 4.69) is 5.32 Å². The second kappa shape index (κ2) is 10.1. The number of alkyl halides is 4. The SMILES string of the molecule is CN(Cc1ccc(CC(=O)O)cc1)C(=O)NC1=CC(Cl)=C(c2ccccc2)C(Cl)(C(F)(F)F)C1. The van der Waals surface area contributed by atoms with E-state index in [1.807, 2.05) is 0 Å². The van der Waals surface area contributed by atoms with Gasteiger partial charge in [-0.2, -0.15) is 13.2 Å². The van der Waals surface area contributed by atoms with Gasteiger partial charge in [0.1, 0.15) is 0 Å². The summed E-state index contributed by atoms with van der Waals surface area (Å²) in [5, 5.41) is 11.1. The molecule has 1 atom stereocenters. The van der Waals surface area contributed by atoms with Gasteiger partial charge in [-0.3, -0.25) is 4.79 Å². The van der Waals surface area contributed by atoms with Crippen molar-refractivity contribution in [3.05, 3.63) is 88.1 Å². The number of carboxylic acid groups (broad SMARTS) is 1. The molecule has 1 unspecified atom stereocenters. The summed E-state index contributed by atoms with van der Waals surface area (Å²) in [5.41, 5.74) is 1.24. The van der Waals surface area contributed by atoms with E-state index < -0.39 is 29.5 Å². The average Bonchev–Trinajstić information content (AvgIpc) is 2.74. The molecule has 0 aromatic heterocycles. The molecule has 0 bridgehead atoms. The highest BCUT2D eigenvalue weighted by atomic mass is 35.5. The molecule has 0 aliphatic heterocycles. The molecular weight excluding hydrogens is 492 g/mol. The van der Waals surface area contributed by atoms with Crippen LogP contribution in [0.15, 0.2) is 71.4 Å². The first-order chi connectivity index (χ1) is 15.9. The quantitative estimate of drug-likeness (QED) is 0.471. The van der Waals surface area contributed by atoms with Gasteiger partial charge in [0.25, 0.3) is 0 Å². The summed E-state index contributed by atoms with van der Waals surface area (Å²) in [5.74, 6) is -0.956. The van der Waals surface area contributed by atoms with Crippen LogP contribution in [-0.4, -0.2) is 40.1 Å². The lowest BCUT2D eigenvalue weighted by Crippen LogP contribution is -2.46. The van der Waals surface area contributed by atoms with Gasteiger partial charge < -0.3 is 15.3 Å². The number of benzene rings is 2. The Kier molecular flexibility index (Phi) is 7.63. The zero-order valence-electron chi connectivity index (χ0n) is 18.0. The molecule has 180 valence electrons. The van der Waals surface area contributed by atoms with Gasteiger partial charge in [0.2, 0.25) is 0 Å². The van der Waals surface area contributed by atoms with E-state index in [1.54, 1.807) is 42.5 Å². The zero-order valence-corrected chi connectivity index (χ0v) is 19.5. The fourth-order valence-electron chi connectivity index (χ4n) is 3.63. The highest BCUT2D eigenvalue weighted by Crippen LogP contribution is 2.53. The number of carbonyl (C=O) groups excluding carboxylic acids is 1. The first-order valence-corrected chi connectivity index (χ1v) is 10.9. The van der Waals surface area contributed by atoms with Gasteiger partial charge in [0, 0.05) is 36.3 Å². The number of carbonyl (C=O) groups is 2. The van der Waals surface area contributed by atoms with E-state index in [1.165, 1.54) is 30.2 Å². The Morgan fingerprint density at radius 2 is 1.68 bits per heavy atom.